The second-order valence-corrected chi connectivity index (χ2v) is 10.4. The van der Waals surface area contributed by atoms with E-state index in [1.54, 1.807) is 12.0 Å². The Labute approximate surface area is 225 Å². The standard InChI is InChI=1S/C29H28ClN3O3S/c1-32-23-9-5-4-8-22(23)26-27(28(35)31-17-20-7-3-6-10-24(20)36-2)33(25(34)18-37-29(26)32)16-15-19-11-13-21(30)14-12-19/h3-14,27H,15-18H2,1-2H3,(H,31,35). The minimum Gasteiger partial charge on any atom is -0.496 e. The molecule has 0 radical (unpaired) electrons. The van der Waals surface area contributed by atoms with E-state index in [9.17, 15) is 9.59 Å². The Bertz CT molecular complexity index is 1450. The van der Waals surface area contributed by atoms with Crippen LogP contribution in [0, 0.1) is 0 Å². The summed E-state index contributed by atoms with van der Waals surface area (Å²) in [5.74, 6) is 0.710. The first-order chi connectivity index (χ1) is 18.0. The van der Waals surface area contributed by atoms with Crippen LogP contribution in [0.5, 0.6) is 5.75 Å². The molecule has 0 aliphatic carbocycles. The molecule has 2 amide bonds. The first-order valence-electron chi connectivity index (χ1n) is 12.1. The molecule has 0 saturated carbocycles. The number of amides is 2. The van der Waals surface area contributed by atoms with Crippen LogP contribution in [0.1, 0.15) is 22.7 Å². The molecule has 1 aliphatic rings. The number of thioether (sulfide) groups is 1. The summed E-state index contributed by atoms with van der Waals surface area (Å²) in [6.45, 7) is 0.711. The molecule has 37 heavy (non-hydrogen) atoms. The van der Waals surface area contributed by atoms with Crippen LogP contribution in [0.25, 0.3) is 10.9 Å². The van der Waals surface area contributed by atoms with Crippen LogP contribution in [0.2, 0.25) is 5.02 Å². The average molecular weight is 534 g/mol. The van der Waals surface area contributed by atoms with E-state index in [2.05, 4.69) is 9.88 Å². The summed E-state index contributed by atoms with van der Waals surface area (Å²) in [6, 6.07) is 22.5. The molecule has 0 fully saturated rings. The lowest BCUT2D eigenvalue weighted by molar-refractivity contribution is -0.138. The molecule has 3 aromatic carbocycles. The Morgan fingerprint density at radius 1 is 1.08 bits per heavy atom. The van der Waals surface area contributed by atoms with Gasteiger partial charge in [0.1, 0.15) is 11.8 Å². The Kier molecular flexibility index (Phi) is 7.44. The van der Waals surface area contributed by atoms with Crippen LogP contribution in [0.3, 0.4) is 0 Å². The number of aromatic nitrogens is 1. The Morgan fingerprint density at radius 3 is 2.59 bits per heavy atom. The summed E-state index contributed by atoms with van der Waals surface area (Å²) in [4.78, 5) is 29.2. The van der Waals surface area contributed by atoms with Crippen molar-refractivity contribution in [2.45, 2.75) is 24.0 Å². The van der Waals surface area contributed by atoms with Gasteiger partial charge in [0, 0.05) is 47.2 Å². The third-order valence-electron chi connectivity index (χ3n) is 6.78. The molecule has 0 bridgehead atoms. The highest BCUT2D eigenvalue weighted by molar-refractivity contribution is 8.00. The molecule has 5 rings (SSSR count). The summed E-state index contributed by atoms with van der Waals surface area (Å²) in [5, 5.41) is 5.69. The molecule has 1 N–H and O–H groups in total. The largest absolute Gasteiger partial charge is 0.496 e. The van der Waals surface area contributed by atoms with E-state index >= 15 is 0 Å². The van der Waals surface area contributed by atoms with Gasteiger partial charge < -0.3 is 19.5 Å². The van der Waals surface area contributed by atoms with E-state index in [1.165, 1.54) is 11.8 Å². The van der Waals surface area contributed by atoms with E-state index in [1.807, 2.05) is 79.8 Å². The highest BCUT2D eigenvalue weighted by Crippen LogP contribution is 2.41. The maximum atomic E-state index is 14.0. The van der Waals surface area contributed by atoms with E-state index in [-0.39, 0.29) is 17.6 Å². The van der Waals surface area contributed by atoms with E-state index in [0.29, 0.717) is 30.3 Å². The summed E-state index contributed by atoms with van der Waals surface area (Å²) < 4.78 is 7.55. The molecule has 190 valence electrons. The lowest BCUT2D eigenvalue weighted by Gasteiger charge is -2.30. The van der Waals surface area contributed by atoms with Crippen molar-refractivity contribution in [1.82, 2.24) is 14.8 Å². The quantitative estimate of drug-likeness (QED) is 0.347. The van der Waals surface area contributed by atoms with Crippen LogP contribution in [0.15, 0.2) is 77.8 Å². The van der Waals surface area contributed by atoms with Gasteiger partial charge in [0.2, 0.25) is 11.8 Å². The number of para-hydroxylation sites is 2. The molecule has 1 unspecified atom stereocenters. The predicted octanol–water partition coefficient (Wildman–Crippen LogP) is 5.37. The van der Waals surface area contributed by atoms with Crippen molar-refractivity contribution in [2.75, 3.05) is 19.4 Å². The molecule has 0 saturated heterocycles. The fraction of sp³-hybridized carbons (Fsp3) is 0.241. The zero-order valence-corrected chi connectivity index (χ0v) is 22.3. The molecule has 1 aromatic heterocycles. The maximum Gasteiger partial charge on any atom is 0.247 e. The van der Waals surface area contributed by atoms with Crippen LogP contribution in [-0.4, -0.2) is 40.7 Å². The van der Waals surface area contributed by atoms with Crippen molar-refractivity contribution in [2.24, 2.45) is 7.05 Å². The normalized spacial score (nSPS) is 15.4. The van der Waals surface area contributed by atoms with E-state index in [4.69, 9.17) is 16.3 Å². The summed E-state index contributed by atoms with van der Waals surface area (Å²) in [5.41, 5.74) is 3.84. The van der Waals surface area contributed by atoms with Gasteiger partial charge in [0.25, 0.3) is 0 Å². The van der Waals surface area contributed by atoms with Gasteiger partial charge in [-0.1, -0.05) is 71.9 Å². The van der Waals surface area contributed by atoms with Gasteiger partial charge in [-0.05, 0) is 36.2 Å². The number of nitrogens with one attached hydrogen (secondary N) is 1. The van der Waals surface area contributed by atoms with Gasteiger partial charge >= 0.3 is 0 Å². The number of ether oxygens (including phenoxy) is 1. The van der Waals surface area contributed by atoms with Gasteiger partial charge in [0.05, 0.1) is 17.9 Å². The van der Waals surface area contributed by atoms with Crippen LogP contribution in [-0.2, 0) is 29.6 Å². The summed E-state index contributed by atoms with van der Waals surface area (Å²) in [7, 11) is 3.61. The smallest absolute Gasteiger partial charge is 0.247 e. The molecule has 8 heteroatoms. The minimum absolute atomic E-state index is 0.0586. The monoisotopic (exact) mass is 533 g/mol. The van der Waals surface area contributed by atoms with E-state index < -0.39 is 6.04 Å². The van der Waals surface area contributed by atoms with Crippen LogP contribution >= 0.6 is 23.4 Å². The molecule has 4 aromatic rings. The Hall–Kier alpha value is -3.42. The third-order valence-corrected chi connectivity index (χ3v) is 8.19. The molecule has 1 atom stereocenters. The second-order valence-electron chi connectivity index (χ2n) is 8.98. The number of rotatable bonds is 7. The summed E-state index contributed by atoms with van der Waals surface area (Å²) >= 11 is 7.55. The predicted molar refractivity (Wildman–Crippen MR) is 148 cm³/mol. The molecule has 6 nitrogen and oxygen atoms in total. The van der Waals surface area contributed by atoms with Crippen molar-refractivity contribution in [3.8, 4) is 5.75 Å². The zero-order valence-electron chi connectivity index (χ0n) is 20.7. The molecule has 2 heterocycles. The number of nitrogens with zero attached hydrogens (tertiary/aromatic N) is 2. The number of hydrogen-bond donors (Lipinski definition) is 1. The number of fused-ring (bicyclic) bond motifs is 3. The number of methoxy groups -OCH3 is 1. The van der Waals surface area contributed by atoms with E-state index in [0.717, 1.165) is 32.6 Å². The molecule has 0 spiro atoms. The van der Waals surface area contributed by atoms with Crippen molar-refractivity contribution in [1.29, 1.82) is 0 Å². The van der Waals surface area contributed by atoms with Gasteiger partial charge in [-0.15, -0.1) is 0 Å². The number of carbonyl (C=O) groups is 2. The van der Waals surface area contributed by atoms with Gasteiger partial charge in [-0.25, -0.2) is 0 Å². The number of hydrogen-bond acceptors (Lipinski definition) is 4. The molecule has 1 aliphatic heterocycles. The van der Waals surface area contributed by atoms with Crippen molar-refractivity contribution < 1.29 is 14.3 Å². The average Bonchev–Trinajstić information content (AvgIpc) is 3.10. The fourth-order valence-corrected chi connectivity index (χ4v) is 6.13. The summed E-state index contributed by atoms with van der Waals surface area (Å²) in [6.07, 6.45) is 0.615. The SMILES string of the molecule is COc1ccccc1CNC(=O)C1c2c(n(C)c3ccccc23)SCC(=O)N1CCc1ccc(Cl)cc1. The third kappa shape index (κ3) is 5.06. The minimum atomic E-state index is -0.759. The maximum absolute atomic E-state index is 14.0. The number of benzene rings is 3. The molecular formula is C29H28ClN3O3S. The van der Waals surface area contributed by atoms with Crippen molar-refractivity contribution >= 4 is 46.1 Å². The van der Waals surface area contributed by atoms with Crippen molar-refractivity contribution in [3.05, 3.63) is 94.5 Å². The zero-order chi connectivity index (χ0) is 25.9. The first kappa shape index (κ1) is 25.2. The lowest BCUT2D eigenvalue weighted by Crippen LogP contribution is -2.44. The van der Waals surface area contributed by atoms with Gasteiger partial charge in [-0.3, -0.25) is 9.59 Å². The highest BCUT2D eigenvalue weighted by Gasteiger charge is 2.38. The first-order valence-corrected chi connectivity index (χ1v) is 13.5. The Balaban J connectivity index is 1.53. The van der Waals surface area contributed by atoms with Crippen LogP contribution in [0.4, 0.5) is 0 Å². The Morgan fingerprint density at radius 2 is 1.81 bits per heavy atom. The van der Waals surface area contributed by atoms with Crippen molar-refractivity contribution in [3.63, 3.8) is 0 Å². The fourth-order valence-electron chi connectivity index (χ4n) is 4.91. The van der Waals surface area contributed by atoms with Crippen LogP contribution < -0.4 is 10.1 Å². The van der Waals surface area contributed by atoms with Gasteiger partial charge in [-0.2, -0.15) is 0 Å². The molecular weight excluding hydrogens is 506 g/mol. The number of halogens is 1. The highest BCUT2D eigenvalue weighted by atomic mass is 35.5. The number of carbonyl (C=O) groups excluding carboxylic acids is 2. The topological polar surface area (TPSA) is 63.6 Å². The second kappa shape index (κ2) is 10.9. The van der Waals surface area contributed by atoms with Gasteiger partial charge in [0.15, 0.2) is 0 Å². The lowest BCUT2D eigenvalue weighted by atomic mass is 10.0. The number of aryl methyl sites for hydroxylation is 1.